The van der Waals surface area contributed by atoms with Crippen LogP contribution >= 0.6 is 0 Å². The van der Waals surface area contributed by atoms with E-state index >= 15 is 0 Å². The molecule has 0 radical (unpaired) electrons. The molecule has 0 aromatic carbocycles. The second kappa shape index (κ2) is 5.26. The van der Waals surface area contributed by atoms with Gasteiger partial charge in [-0.1, -0.05) is 12.2 Å². The zero-order valence-electron chi connectivity index (χ0n) is 8.19. The molecule has 0 heterocycles. The normalized spacial score (nSPS) is 22.0. The molecule has 0 fully saturated rings. The summed E-state index contributed by atoms with van der Waals surface area (Å²) in [6.45, 7) is 0.701. The number of allylic oxidation sites excluding steroid dienone is 2. The topological polar surface area (TPSA) is 103 Å². The van der Waals surface area contributed by atoms with Crippen molar-refractivity contribution in [2.24, 2.45) is 33.1 Å². The van der Waals surface area contributed by atoms with Gasteiger partial charge in [0.25, 0.3) is 0 Å². The number of nitrogens with two attached hydrogens (primary N) is 3. The molecule has 0 aromatic heterocycles. The van der Waals surface area contributed by atoms with Gasteiger partial charge in [-0.25, -0.2) is 0 Å². The van der Waals surface area contributed by atoms with Crippen LogP contribution in [0.1, 0.15) is 19.3 Å². The second-order valence-electron chi connectivity index (χ2n) is 3.39. The number of guanidine groups is 2. The van der Waals surface area contributed by atoms with E-state index in [-0.39, 0.29) is 11.9 Å². The first-order chi connectivity index (χ1) is 6.68. The Morgan fingerprint density at radius 3 is 2.64 bits per heavy atom. The molecular weight excluding hydrogens is 178 g/mol. The lowest BCUT2D eigenvalue weighted by Crippen LogP contribution is -2.26. The zero-order valence-corrected chi connectivity index (χ0v) is 8.19. The van der Waals surface area contributed by atoms with Gasteiger partial charge in [-0.2, -0.15) is 4.99 Å². The molecule has 1 aliphatic carbocycles. The predicted octanol–water partition coefficient (Wildman–Crippen LogP) is -0.0692. The summed E-state index contributed by atoms with van der Waals surface area (Å²) in [6.07, 6.45) is 7.73. The summed E-state index contributed by atoms with van der Waals surface area (Å²) in [5.41, 5.74) is 15.8. The Hall–Kier alpha value is -1.52. The number of nitrogens with zero attached hydrogens (tertiary/aromatic N) is 2. The molecule has 14 heavy (non-hydrogen) atoms. The van der Waals surface area contributed by atoms with Gasteiger partial charge >= 0.3 is 0 Å². The fraction of sp³-hybridized carbons (Fsp3) is 0.556. The lowest BCUT2D eigenvalue weighted by molar-refractivity contribution is 0.492. The molecule has 0 amide bonds. The van der Waals surface area contributed by atoms with Crippen LogP contribution < -0.4 is 17.2 Å². The maximum atomic E-state index is 5.48. The number of aliphatic imine (C=N–C) groups is 2. The molecule has 1 aliphatic rings. The van der Waals surface area contributed by atoms with Crippen LogP contribution in [0.2, 0.25) is 0 Å². The maximum Gasteiger partial charge on any atom is 0.218 e. The van der Waals surface area contributed by atoms with Crippen LogP contribution in [-0.4, -0.2) is 18.5 Å². The third-order valence-electron chi connectivity index (χ3n) is 2.13. The van der Waals surface area contributed by atoms with Crippen molar-refractivity contribution >= 4 is 11.9 Å². The first kappa shape index (κ1) is 10.6. The van der Waals surface area contributed by atoms with E-state index in [1.807, 2.05) is 0 Å². The van der Waals surface area contributed by atoms with Crippen LogP contribution in [0.3, 0.4) is 0 Å². The summed E-state index contributed by atoms with van der Waals surface area (Å²) in [7, 11) is 0. The fourth-order valence-corrected chi connectivity index (χ4v) is 1.41. The third-order valence-corrected chi connectivity index (χ3v) is 2.13. The minimum absolute atomic E-state index is 0.0465. The highest BCUT2D eigenvalue weighted by molar-refractivity contribution is 5.92. The molecule has 0 aliphatic heterocycles. The first-order valence-electron chi connectivity index (χ1n) is 4.73. The lowest BCUT2D eigenvalue weighted by atomic mass is 9.95. The van der Waals surface area contributed by atoms with Crippen molar-refractivity contribution in [1.29, 1.82) is 0 Å². The largest absolute Gasteiger partial charge is 0.370 e. The van der Waals surface area contributed by atoms with E-state index in [0.717, 1.165) is 19.3 Å². The van der Waals surface area contributed by atoms with Crippen molar-refractivity contribution in [3.8, 4) is 0 Å². The monoisotopic (exact) mass is 195 g/mol. The SMILES string of the molecule is NC(N)=NC(N)=NCC1CC=CCC1. The van der Waals surface area contributed by atoms with E-state index in [1.165, 1.54) is 0 Å². The standard InChI is InChI=1S/C9H17N5/c10-8(11)14-9(12)13-6-7-4-2-1-3-5-7/h1-2,7H,3-6H2,(H6,10,11,12,13,14). The van der Waals surface area contributed by atoms with Crippen molar-refractivity contribution in [3.63, 3.8) is 0 Å². The van der Waals surface area contributed by atoms with Crippen molar-refractivity contribution in [1.82, 2.24) is 0 Å². The number of hydrogen-bond donors (Lipinski definition) is 3. The summed E-state index contributed by atoms with van der Waals surface area (Å²) < 4.78 is 0. The Balaban J connectivity index is 2.38. The molecule has 78 valence electrons. The Labute approximate surface area is 83.8 Å². The molecule has 0 aromatic rings. The van der Waals surface area contributed by atoms with Crippen molar-refractivity contribution in [2.75, 3.05) is 6.54 Å². The number of hydrogen-bond acceptors (Lipinski definition) is 1. The Morgan fingerprint density at radius 2 is 2.07 bits per heavy atom. The summed E-state index contributed by atoms with van der Waals surface area (Å²) in [6, 6.07) is 0. The molecule has 0 spiro atoms. The van der Waals surface area contributed by atoms with Crippen molar-refractivity contribution < 1.29 is 0 Å². The predicted molar refractivity (Wildman–Crippen MR) is 58.8 cm³/mol. The van der Waals surface area contributed by atoms with E-state index < -0.39 is 0 Å². The first-order valence-corrected chi connectivity index (χ1v) is 4.73. The molecule has 5 nitrogen and oxygen atoms in total. The van der Waals surface area contributed by atoms with Gasteiger partial charge in [0.1, 0.15) is 0 Å². The molecule has 5 heteroatoms. The lowest BCUT2D eigenvalue weighted by Gasteiger charge is -2.14. The van der Waals surface area contributed by atoms with Gasteiger partial charge in [0.05, 0.1) is 0 Å². The van der Waals surface area contributed by atoms with E-state index in [9.17, 15) is 0 Å². The van der Waals surface area contributed by atoms with Crippen LogP contribution in [0.25, 0.3) is 0 Å². The van der Waals surface area contributed by atoms with Gasteiger partial charge in [-0.15, -0.1) is 0 Å². The minimum Gasteiger partial charge on any atom is -0.370 e. The molecule has 0 bridgehead atoms. The number of rotatable bonds is 2. The minimum atomic E-state index is -0.0465. The molecular formula is C9H17N5. The second-order valence-corrected chi connectivity index (χ2v) is 3.39. The summed E-state index contributed by atoms with van der Waals surface area (Å²) >= 11 is 0. The van der Waals surface area contributed by atoms with Crippen molar-refractivity contribution in [2.45, 2.75) is 19.3 Å². The van der Waals surface area contributed by atoms with Gasteiger partial charge in [0.15, 0.2) is 5.96 Å². The maximum absolute atomic E-state index is 5.48. The van der Waals surface area contributed by atoms with Crippen LogP contribution in [0.4, 0.5) is 0 Å². The van der Waals surface area contributed by atoms with Crippen LogP contribution in [-0.2, 0) is 0 Å². The third kappa shape index (κ3) is 3.93. The highest BCUT2D eigenvalue weighted by Gasteiger charge is 2.08. The average molecular weight is 195 g/mol. The quantitative estimate of drug-likeness (QED) is 0.326. The van der Waals surface area contributed by atoms with Gasteiger partial charge in [0.2, 0.25) is 5.96 Å². The summed E-state index contributed by atoms with van der Waals surface area (Å²) in [4.78, 5) is 7.74. The van der Waals surface area contributed by atoms with E-state index in [0.29, 0.717) is 12.5 Å². The molecule has 0 saturated carbocycles. The Morgan fingerprint density at radius 1 is 1.29 bits per heavy atom. The smallest absolute Gasteiger partial charge is 0.218 e. The molecule has 1 rings (SSSR count). The molecule has 6 N–H and O–H groups in total. The summed E-state index contributed by atoms with van der Waals surface area (Å²) in [5, 5.41) is 0. The molecule has 1 unspecified atom stereocenters. The molecule has 1 atom stereocenters. The Kier molecular flexibility index (Phi) is 3.97. The zero-order chi connectivity index (χ0) is 10.4. The fourth-order valence-electron chi connectivity index (χ4n) is 1.41. The highest BCUT2D eigenvalue weighted by atomic mass is 15.1. The average Bonchev–Trinajstić information content (AvgIpc) is 2.15. The van der Waals surface area contributed by atoms with Crippen LogP contribution in [0.15, 0.2) is 22.1 Å². The van der Waals surface area contributed by atoms with Gasteiger partial charge in [-0.3, -0.25) is 4.99 Å². The molecule has 0 saturated heterocycles. The van der Waals surface area contributed by atoms with Gasteiger partial charge < -0.3 is 17.2 Å². The van der Waals surface area contributed by atoms with Gasteiger partial charge in [0, 0.05) is 6.54 Å². The highest BCUT2D eigenvalue weighted by Crippen LogP contribution is 2.17. The van der Waals surface area contributed by atoms with Crippen LogP contribution in [0, 0.1) is 5.92 Å². The van der Waals surface area contributed by atoms with E-state index in [2.05, 4.69) is 22.1 Å². The van der Waals surface area contributed by atoms with Crippen molar-refractivity contribution in [3.05, 3.63) is 12.2 Å². The summed E-state index contributed by atoms with van der Waals surface area (Å²) in [5.74, 6) is 0.696. The van der Waals surface area contributed by atoms with Crippen LogP contribution in [0.5, 0.6) is 0 Å². The Bertz CT molecular complexity index is 262. The van der Waals surface area contributed by atoms with E-state index in [4.69, 9.17) is 17.2 Å². The van der Waals surface area contributed by atoms with Gasteiger partial charge in [-0.05, 0) is 25.2 Å². The van der Waals surface area contributed by atoms with E-state index in [1.54, 1.807) is 0 Å².